The first-order chi connectivity index (χ1) is 9.90. The summed E-state index contributed by atoms with van der Waals surface area (Å²) in [6, 6.07) is 29.1. The average Bonchev–Trinajstić information content (AvgIpc) is 2.50. The van der Waals surface area contributed by atoms with Crippen molar-refractivity contribution in [2.75, 3.05) is 5.32 Å². The molecule has 1 N–H and O–H groups in total. The molecule has 0 amide bonds. The van der Waals surface area contributed by atoms with Gasteiger partial charge in [0, 0.05) is 21.2 Å². The van der Waals surface area contributed by atoms with E-state index in [9.17, 15) is 0 Å². The maximum atomic E-state index is 3.42. The Morgan fingerprint density at radius 3 is 1.90 bits per heavy atom. The molecule has 0 aliphatic carbocycles. The topological polar surface area (TPSA) is 12.0 Å². The van der Waals surface area contributed by atoms with Gasteiger partial charge in [-0.3, -0.25) is 0 Å². The van der Waals surface area contributed by atoms with Crippen LogP contribution >= 0.6 is 11.8 Å². The van der Waals surface area contributed by atoms with Crippen LogP contribution in [0.2, 0.25) is 0 Å². The van der Waals surface area contributed by atoms with Crippen molar-refractivity contribution in [3.8, 4) is 0 Å². The highest BCUT2D eigenvalue weighted by molar-refractivity contribution is 7.99. The van der Waals surface area contributed by atoms with Crippen LogP contribution in [0, 0.1) is 0 Å². The predicted octanol–water partition coefficient (Wildman–Crippen LogP) is 5.58. The number of hydrogen-bond donors (Lipinski definition) is 1. The summed E-state index contributed by atoms with van der Waals surface area (Å²) in [5.74, 6) is 0. The molecule has 0 saturated heterocycles. The Hall–Kier alpha value is -2.19. The fourth-order valence-electron chi connectivity index (χ4n) is 1.95. The molecule has 0 atom stereocenters. The lowest BCUT2D eigenvalue weighted by atomic mass is 10.3. The first-order valence-corrected chi connectivity index (χ1v) is 7.37. The van der Waals surface area contributed by atoms with Gasteiger partial charge in [0.15, 0.2) is 0 Å². The van der Waals surface area contributed by atoms with Gasteiger partial charge in [0.25, 0.3) is 0 Å². The van der Waals surface area contributed by atoms with E-state index in [-0.39, 0.29) is 0 Å². The molecule has 0 aliphatic heterocycles. The van der Waals surface area contributed by atoms with Gasteiger partial charge in [0.2, 0.25) is 0 Å². The highest BCUT2D eigenvalue weighted by Crippen LogP contribution is 2.29. The van der Waals surface area contributed by atoms with E-state index in [4.69, 9.17) is 0 Å². The predicted molar refractivity (Wildman–Crippen MR) is 86.7 cm³/mol. The Balaban J connectivity index is 1.76. The summed E-state index contributed by atoms with van der Waals surface area (Å²) in [6.45, 7) is 0. The van der Waals surface area contributed by atoms with Crippen LogP contribution in [0.1, 0.15) is 0 Å². The number of nitrogens with one attached hydrogen (secondary N) is 1. The lowest BCUT2D eigenvalue weighted by molar-refractivity contribution is 1.40. The average molecular weight is 277 g/mol. The SMILES string of the molecule is c1ccc(Nc2cccc(Sc3ccccc3)c2)cc1. The Labute approximate surface area is 123 Å². The summed E-state index contributed by atoms with van der Waals surface area (Å²) >= 11 is 1.77. The van der Waals surface area contributed by atoms with Crippen molar-refractivity contribution >= 4 is 23.1 Å². The van der Waals surface area contributed by atoms with E-state index in [0.29, 0.717) is 0 Å². The van der Waals surface area contributed by atoms with Gasteiger partial charge in [0.1, 0.15) is 0 Å². The van der Waals surface area contributed by atoms with Crippen molar-refractivity contribution in [1.29, 1.82) is 0 Å². The molecular weight excluding hydrogens is 262 g/mol. The maximum absolute atomic E-state index is 3.42. The smallest absolute Gasteiger partial charge is 0.0395 e. The van der Waals surface area contributed by atoms with Crippen LogP contribution in [-0.2, 0) is 0 Å². The number of hydrogen-bond acceptors (Lipinski definition) is 2. The van der Waals surface area contributed by atoms with Crippen molar-refractivity contribution in [3.63, 3.8) is 0 Å². The van der Waals surface area contributed by atoms with E-state index in [1.807, 2.05) is 24.3 Å². The van der Waals surface area contributed by atoms with Gasteiger partial charge < -0.3 is 5.32 Å². The molecule has 98 valence electrons. The van der Waals surface area contributed by atoms with Crippen molar-refractivity contribution in [2.24, 2.45) is 0 Å². The van der Waals surface area contributed by atoms with Gasteiger partial charge in [-0.15, -0.1) is 0 Å². The molecule has 3 aromatic carbocycles. The molecule has 0 saturated carbocycles. The van der Waals surface area contributed by atoms with Crippen LogP contribution in [-0.4, -0.2) is 0 Å². The minimum atomic E-state index is 1.11. The quantitative estimate of drug-likeness (QED) is 0.668. The van der Waals surface area contributed by atoms with Crippen LogP contribution in [0.4, 0.5) is 11.4 Å². The fourth-order valence-corrected chi connectivity index (χ4v) is 2.85. The van der Waals surface area contributed by atoms with Crippen LogP contribution in [0.3, 0.4) is 0 Å². The minimum absolute atomic E-state index is 1.11. The molecule has 20 heavy (non-hydrogen) atoms. The van der Waals surface area contributed by atoms with Gasteiger partial charge in [-0.2, -0.15) is 0 Å². The Morgan fingerprint density at radius 1 is 0.550 bits per heavy atom. The summed E-state index contributed by atoms with van der Waals surface area (Å²) in [5, 5.41) is 3.42. The largest absolute Gasteiger partial charge is 0.355 e. The summed E-state index contributed by atoms with van der Waals surface area (Å²) in [6.07, 6.45) is 0. The second kappa shape index (κ2) is 6.31. The van der Waals surface area contributed by atoms with Crippen LogP contribution in [0.25, 0.3) is 0 Å². The van der Waals surface area contributed by atoms with Gasteiger partial charge in [-0.05, 0) is 42.5 Å². The number of benzene rings is 3. The molecule has 3 aromatic rings. The van der Waals surface area contributed by atoms with E-state index < -0.39 is 0 Å². The third-order valence-electron chi connectivity index (χ3n) is 2.88. The van der Waals surface area contributed by atoms with E-state index in [2.05, 4.69) is 66.0 Å². The molecule has 0 radical (unpaired) electrons. The molecule has 1 nitrogen and oxygen atoms in total. The second-order valence-electron chi connectivity index (χ2n) is 4.43. The molecule has 2 heteroatoms. The maximum Gasteiger partial charge on any atom is 0.0395 e. The van der Waals surface area contributed by atoms with E-state index >= 15 is 0 Å². The minimum Gasteiger partial charge on any atom is -0.355 e. The zero-order chi connectivity index (χ0) is 13.6. The number of para-hydroxylation sites is 1. The summed E-state index contributed by atoms with van der Waals surface area (Å²) < 4.78 is 0. The molecule has 0 spiro atoms. The molecule has 0 aliphatic rings. The Bertz CT molecular complexity index is 609. The first kappa shape index (κ1) is 12.8. The van der Waals surface area contributed by atoms with Crippen LogP contribution in [0.15, 0.2) is 94.7 Å². The molecule has 0 aromatic heterocycles. The van der Waals surface area contributed by atoms with Crippen LogP contribution < -0.4 is 5.32 Å². The third kappa shape index (κ3) is 3.43. The highest BCUT2D eigenvalue weighted by Gasteiger charge is 1.99. The monoisotopic (exact) mass is 277 g/mol. The highest BCUT2D eigenvalue weighted by atomic mass is 32.2. The second-order valence-corrected chi connectivity index (χ2v) is 5.58. The summed E-state index contributed by atoms with van der Waals surface area (Å²) in [4.78, 5) is 2.49. The molecular formula is C18H15NS. The molecule has 0 bridgehead atoms. The summed E-state index contributed by atoms with van der Waals surface area (Å²) in [5.41, 5.74) is 2.21. The van der Waals surface area contributed by atoms with Crippen molar-refractivity contribution < 1.29 is 0 Å². The standard InChI is InChI=1S/C18H15NS/c1-3-8-15(9-4-1)19-16-10-7-13-18(14-16)20-17-11-5-2-6-12-17/h1-14,19H. The molecule has 0 unspecified atom stereocenters. The van der Waals surface area contributed by atoms with Crippen molar-refractivity contribution in [2.45, 2.75) is 9.79 Å². The third-order valence-corrected chi connectivity index (χ3v) is 3.87. The zero-order valence-corrected chi connectivity index (χ0v) is 11.8. The van der Waals surface area contributed by atoms with Gasteiger partial charge in [0.05, 0.1) is 0 Å². The number of anilines is 2. The molecule has 3 rings (SSSR count). The number of rotatable bonds is 4. The Kier molecular flexibility index (Phi) is 4.04. The first-order valence-electron chi connectivity index (χ1n) is 6.55. The Morgan fingerprint density at radius 2 is 1.15 bits per heavy atom. The molecule has 0 fully saturated rings. The van der Waals surface area contributed by atoms with E-state index in [1.165, 1.54) is 9.79 Å². The normalized spacial score (nSPS) is 10.2. The van der Waals surface area contributed by atoms with Crippen molar-refractivity contribution in [1.82, 2.24) is 0 Å². The lowest BCUT2D eigenvalue weighted by Gasteiger charge is -2.08. The van der Waals surface area contributed by atoms with Crippen molar-refractivity contribution in [3.05, 3.63) is 84.9 Å². The zero-order valence-electron chi connectivity index (χ0n) is 11.0. The summed E-state index contributed by atoms with van der Waals surface area (Å²) in [7, 11) is 0. The fraction of sp³-hybridized carbons (Fsp3) is 0. The lowest BCUT2D eigenvalue weighted by Crippen LogP contribution is -1.89. The van der Waals surface area contributed by atoms with E-state index in [1.54, 1.807) is 11.8 Å². The van der Waals surface area contributed by atoms with Gasteiger partial charge in [-0.1, -0.05) is 54.2 Å². The van der Waals surface area contributed by atoms with Gasteiger partial charge >= 0.3 is 0 Å². The van der Waals surface area contributed by atoms with Crippen LogP contribution in [0.5, 0.6) is 0 Å². The molecule has 0 heterocycles. The van der Waals surface area contributed by atoms with Gasteiger partial charge in [-0.25, -0.2) is 0 Å². The van der Waals surface area contributed by atoms with E-state index in [0.717, 1.165) is 11.4 Å².